The average molecular weight is 705 g/mol. The highest BCUT2D eigenvalue weighted by molar-refractivity contribution is 6.16. The fourth-order valence-corrected chi connectivity index (χ4v) is 7.83. The third-order valence-corrected chi connectivity index (χ3v) is 10.5. The number of aliphatic imine (C=N–C) groups is 2. The van der Waals surface area contributed by atoms with Gasteiger partial charge in [-0.15, -0.1) is 0 Å². The van der Waals surface area contributed by atoms with Crippen LogP contribution in [0.2, 0.25) is 0 Å². The number of hydrogen-bond acceptors (Lipinski definition) is 3. The normalized spacial score (nSPS) is 14.0. The molecular formula is C51H36N4. The molecule has 1 unspecified atom stereocenters. The van der Waals surface area contributed by atoms with Crippen LogP contribution >= 0.6 is 0 Å². The molecule has 0 amide bonds. The molecule has 0 saturated heterocycles. The molecule has 4 nitrogen and oxygen atoms in total. The van der Waals surface area contributed by atoms with Crippen LogP contribution in [0.3, 0.4) is 0 Å². The van der Waals surface area contributed by atoms with Crippen LogP contribution < -0.4 is 5.32 Å². The maximum atomic E-state index is 5.34. The van der Waals surface area contributed by atoms with Gasteiger partial charge >= 0.3 is 0 Å². The highest BCUT2D eigenvalue weighted by Gasteiger charge is 2.25. The van der Waals surface area contributed by atoms with E-state index in [0.29, 0.717) is 0 Å². The summed E-state index contributed by atoms with van der Waals surface area (Å²) < 4.78 is 2.42. The van der Waals surface area contributed by atoms with Crippen molar-refractivity contribution in [3.05, 3.63) is 223 Å². The number of rotatable bonds is 7. The second-order valence-electron chi connectivity index (χ2n) is 13.8. The summed E-state index contributed by atoms with van der Waals surface area (Å²) in [4.78, 5) is 10.6. The minimum Gasteiger partial charge on any atom is -0.324 e. The molecule has 4 heteroatoms. The van der Waals surface area contributed by atoms with Crippen LogP contribution in [0.4, 0.5) is 0 Å². The Morgan fingerprint density at radius 3 is 1.55 bits per heavy atom. The van der Waals surface area contributed by atoms with Crippen LogP contribution in [0.1, 0.15) is 22.9 Å². The van der Waals surface area contributed by atoms with Gasteiger partial charge in [0, 0.05) is 33.0 Å². The van der Waals surface area contributed by atoms with Gasteiger partial charge in [-0.1, -0.05) is 188 Å². The molecule has 0 bridgehead atoms. The van der Waals surface area contributed by atoms with E-state index in [4.69, 9.17) is 9.98 Å². The van der Waals surface area contributed by atoms with E-state index in [9.17, 15) is 0 Å². The first-order chi connectivity index (χ1) is 27.3. The summed E-state index contributed by atoms with van der Waals surface area (Å²) in [6.45, 7) is 0. The topological polar surface area (TPSA) is 41.7 Å². The maximum absolute atomic E-state index is 5.34. The fourth-order valence-electron chi connectivity index (χ4n) is 7.83. The van der Waals surface area contributed by atoms with Gasteiger partial charge in [0.05, 0.1) is 16.7 Å². The standard InChI is InChI=1S/C51H36N4/c1-4-16-35(17-5-1)37-28-30-39(31-29-37)50-52-49(38-20-8-3-9-21-38)53-51(54-50)45-25-11-10-22-41(45)42-23-12-14-26-46(42)55-47-27-15-13-24-43(47)44-33-32-40(34-48(44)55)36-18-6-2-7-19-36/h1-34,51H,(H,52,53,54). The molecule has 1 atom stereocenters. The smallest absolute Gasteiger partial charge is 0.170 e. The van der Waals surface area contributed by atoms with Gasteiger partial charge in [-0.25, -0.2) is 9.98 Å². The molecular weight excluding hydrogens is 669 g/mol. The number of para-hydroxylation sites is 2. The minimum atomic E-state index is -0.479. The van der Waals surface area contributed by atoms with E-state index < -0.39 is 6.17 Å². The number of hydrogen-bond donors (Lipinski definition) is 1. The van der Waals surface area contributed by atoms with E-state index >= 15 is 0 Å². The average Bonchev–Trinajstić information content (AvgIpc) is 3.61. The van der Waals surface area contributed by atoms with Gasteiger partial charge in [0.15, 0.2) is 6.17 Å². The van der Waals surface area contributed by atoms with E-state index in [2.05, 4.69) is 192 Å². The quantitative estimate of drug-likeness (QED) is 0.176. The Labute approximate surface area is 320 Å². The molecule has 1 aromatic heterocycles. The minimum absolute atomic E-state index is 0.479. The summed E-state index contributed by atoms with van der Waals surface area (Å²) in [6.07, 6.45) is -0.479. The molecule has 260 valence electrons. The number of amidine groups is 2. The molecule has 0 aliphatic carbocycles. The third-order valence-electron chi connectivity index (χ3n) is 10.5. The summed E-state index contributed by atoms with van der Waals surface area (Å²) >= 11 is 0. The van der Waals surface area contributed by atoms with Gasteiger partial charge < -0.3 is 9.88 Å². The van der Waals surface area contributed by atoms with Crippen LogP contribution in [-0.4, -0.2) is 16.2 Å². The van der Waals surface area contributed by atoms with E-state index in [0.717, 1.165) is 61.8 Å². The van der Waals surface area contributed by atoms with Crippen molar-refractivity contribution in [3.8, 4) is 39.1 Å². The molecule has 0 radical (unpaired) electrons. The molecule has 1 aliphatic rings. The van der Waals surface area contributed by atoms with Crippen molar-refractivity contribution in [1.29, 1.82) is 0 Å². The van der Waals surface area contributed by atoms with Crippen molar-refractivity contribution >= 4 is 33.5 Å². The van der Waals surface area contributed by atoms with E-state index in [1.54, 1.807) is 0 Å². The Morgan fingerprint density at radius 2 is 0.836 bits per heavy atom. The van der Waals surface area contributed by atoms with Crippen molar-refractivity contribution in [3.63, 3.8) is 0 Å². The fraction of sp³-hybridized carbons (Fsp3) is 0.0196. The third kappa shape index (κ3) is 6.00. The molecule has 8 aromatic carbocycles. The highest BCUT2D eigenvalue weighted by atomic mass is 15.2. The van der Waals surface area contributed by atoms with E-state index in [1.807, 2.05) is 24.3 Å². The molecule has 1 aliphatic heterocycles. The predicted octanol–water partition coefficient (Wildman–Crippen LogP) is 12.3. The molecule has 1 N–H and O–H groups in total. The molecule has 0 saturated carbocycles. The number of nitrogens with one attached hydrogen (secondary N) is 1. The Hall–Kier alpha value is -7.30. The van der Waals surface area contributed by atoms with Crippen LogP contribution in [0.5, 0.6) is 0 Å². The van der Waals surface area contributed by atoms with Gasteiger partial charge in [-0.2, -0.15) is 0 Å². The van der Waals surface area contributed by atoms with Crippen LogP contribution in [0.15, 0.2) is 216 Å². The molecule has 0 spiro atoms. The number of fused-ring (bicyclic) bond motifs is 3. The zero-order valence-electron chi connectivity index (χ0n) is 30.0. The molecule has 9 aromatic rings. The van der Waals surface area contributed by atoms with Gasteiger partial charge in [-0.3, -0.25) is 0 Å². The number of nitrogens with zero attached hydrogens (tertiary/aromatic N) is 3. The Morgan fingerprint density at radius 1 is 0.364 bits per heavy atom. The van der Waals surface area contributed by atoms with Gasteiger partial charge in [0.2, 0.25) is 0 Å². The van der Waals surface area contributed by atoms with Gasteiger partial charge in [0.1, 0.15) is 11.7 Å². The first-order valence-corrected chi connectivity index (χ1v) is 18.7. The maximum Gasteiger partial charge on any atom is 0.170 e. The Bertz CT molecular complexity index is 2870. The van der Waals surface area contributed by atoms with Crippen molar-refractivity contribution in [2.45, 2.75) is 6.17 Å². The predicted molar refractivity (Wildman–Crippen MR) is 229 cm³/mol. The monoisotopic (exact) mass is 704 g/mol. The lowest BCUT2D eigenvalue weighted by molar-refractivity contribution is 0.757. The second kappa shape index (κ2) is 13.9. The SMILES string of the molecule is c1ccc(C2=NC(c3ccccc3-c3ccccc3-n3c4ccccc4c4ccc(-c5ccccc5)cc43)N=C(c3ccc(-c4ccccc4)cc3)N2)cc1. The van der Waals surface area contributed by atoms with E-state index in [1.165, 1.54) is 27.5 Å². The molecule has 10 rings (SSSR count). The van der Waals surface area contributed by atoms with Crippen molar-refractivity contribution in [2.24, 2.45) is 9.98 Å². The van der Waals surface area contributed by atoms with Gasteiger partial charge in [0.25, 0.3) is 0 Å². The lowest BCUT2D eigenvalue weighted by atomic mass is 9.95. The molecule has 0 fully saturated rings. The summed E-state index contributed by atoms with van der Waals surface area (Å²) in [5, 5.41) is 6.04. The van der Waals surface area contributed by atoms with Crippen LogP contribution in [0.25, 0.3) is 60.9 Å². The lowest BCUT2D eigenvalue weighted by Crippen LogP contribution is -2.36. The van der Waals surface area contributed by atoms with Crippen LogP contribution in [-0.2, 0) is 0 Å². The highest BCUT2D eigenvalue weighted by Crippen LogP contribution is 2.40. The lowest BCUT2D eigenvalue weighted by Gasteiger charge is -2.24. The molecule has 55 heavy (non-hydrogen) atoms. The number of benzene rings is 8. The Balaban J connectivity index is 1.13. The van der Waals surface area contributed by atoms with E-state index in [-0.39, 0.29) is 0 Å². The molecule has 2 heterocycles. The first-order valence-electron chi connectivity index (χ1n) is 18.7. The zero-order chi connectivity index (χ0) is 36.6. The summed E-state index contributed by atoms with van der Waals surface area (Å²) in [6, 6.07) is 72.9. The van der Waals surface area contributed by atoms with Gasteiger partial charge in [-0.05, 0) is 46.0 Å². The van der Waals surface area contributed by atoms with Crippen molar-refractivity contribution < 1.29 is 0 Å². The summed E-state index contributed by atoms with van der Waals surface area (Å²) in [7, 11) is 0. The Kier molecular flexibility index (Phi) is 8.19. The first kappa shape index (κ1) is 32.4. The summed E-state index contributed by atoms with van der Waals surface area (Å²) in [5.74, 6) is 1.58. The summed E-state index contributed by atoms with van der Waals surface area (Å²) in [5.41, 5.74) is 13.4. The van der Waals surface area contributed by atoms with Crippen molar-refractivity contribution in [2.75, 3.05) is 0 Å². The van der Waals surface area contributed by atoms with Crippen molar-refractivity contribution in [1.82, 2.24) is 9.88 Å². The largest absolute Gasteiger partial charge is 0.324 e. The number of aromatic nitrogens is 1. The van der Waals surface area contributed by atoms with Crippen LogP contribution in [0, 0.1) is 0 Å². The zero-order valence-corrected chi connectivity index (χ0v) is 30.0. The second-order valence-corrected chi connectivity index (χ2v) is 13.8.